The number of hydrogen-bond acceptors (Lipinski definition) is 3. The molecule has 0 aliphatic carbocycles. The van der Waals surface area contributed by atoms with E-state index in [1.807, 2.05) is 0 Å². The summed E-state index contributed by atoms with van der Waals surface area (Å²) in [7, 11) is 1.59. The molecule has 0 aliphatic heterocycles. The van der Waals surface area contributed by atoms with E-state index in [1.54, 1.807) is 30.0 Å². The largest absolute Gasteiger partial charge is 0.388 e. The van der Waals surface area contributed by atoms with Crippen molar-refractivity contribution < 1.29 is 9.53 Å². The van der Waals surface area contributed by atoms with Gasteiger partial charge in [-0.25, -0.2) is 0 Å². The molecule has 3 N–H and O–H groups in total. The SMILES string of the molecule is COCCNC(=O)Cn1cccc1C(N)=S. The van der Waals surface area contributed by atoms with Crippen LogP contribution in [0, 0.1) is 0 Å². The maximum absolute atomic E-state index is 11.5. The fraction of sp³-hybridized carbons (Fsp3) is 0.400. The first-order valence-electron chi connectivity index (χ1n) is 4.85. The third-order valence-corrected chi connectivity index (χ3v) is 2.23. The van der Waals surface area contributed by atoms with Crippen molar-refractivity contribution in [1.29, 1.82) is 0 Å². The van der Waals surface area contributed by atoms with Crippen molar-refractivity contribution in [2.45, 2.75) is 6.54 Å². The lowest BCUT2D eigenvalue weighted by Gasteiger charge is -2.08. The number of hydrogen-bond donors (Lipinski definition) is 2. The van der Waals surface area contributed by atoms with E-state index < -0.39 is 0 Å². The number of aromatic nitrogens is 1. The van der Waals surface area contributed by atoms with Gasteiger partial charge in [-0.3, -0.25) is 4.79 Å². The van der Waals surface area contributed by atoms with Crippen LogP contribution in [-0.2, 0) is 16.1 Å². The van der Waals surface area contributed by atoms with Crippen molar-refractivity contribution >= 4 is 23.1 Å². The van der Waals surface area contributed by atoms with Crippen molar-refractivity contribution in [3.8, 4) is 0 Å². The van der Waals surface area contributed by atoms with Gasteiger partial charge in [-0.1, -0.05) is 12.2 Å². The summed E-state index contributed by atoms with van der Waals surface area (Å²) in [5, 5.41) is 2.72. The van der Waals surface area contributed by atoms with E-state index in [0.717, 1.165) is 0 Å². The Bertz CT molecular complexity index is 376. The van der Waals surface area contributed by atoms with Crippen LogP contribution in [0.15, 0.2) is 18.3 Å². The van der Waals surface area contributed by atoms with Gasteiger partial charge >= 0.3 is 0 Å². The number of nitrogens with zero attached hydrogens (tertiary/aromatic N) is 1. The van der Waals surface area contributed by atoms with Gasteiger partial charge in [0.2, 0.25) is 5.91 Å². The second kappa shape index (κ2) is 6.24. The first kappa shape index (κ1) is 12.7. The van der Waals surface area contributed by atoms with Crippen molar-refractivity contribution in [3.05, 3.63) is 24.0 Å². The van der Waals surface area contributed by atoms with Crippen LogP contribution in [0.5, 0.6) is 0 Å². The van der Waals surface area contributed by atoms with E-state index in [4.69, 9.17) is 22.7 Å². The Labute approximate surface area is 99.6 Å². The average Bonchev–Trinajstić information content (AvgIpc) is 2.66. The first-order valence-corrected chi connectivity index (χ1v) is 5.26. The minimum absolute atomic E-state index is 0.0919. The molecule has 1 aromatic heterocycles. The van der Waals surface area contributed by atoms with Crippen LogP contribution in [0.4, 0.5) is 0 Å². The molecule has 0 atom stereocenters. The smallest absolute Gasteiger partial charge is 0.240 e. The Kier molecular flexibility index (Phi) is 4.94. The maximum Gasteiger partial charge on any atom is 0.240 e. The van der Waals surface area contributed by atoms with Gasteiger partial charge in [0.05, 0.1) is 12.3 Å². The van der Waals surface area contributed by atoms with Gasteiger partial charge in [-0.2, -0.15) is 0 Å². The maximum atomic E-state index is 11.5. The van der Waals surface area contributed by atoms with Crippen molar-refractivity contribution in [2.75, 3.05) is 20.3 Å². The molecule has 16 heavy (non-hydrogen) atoms. The summed E-state index contributed by atoms with van der Waals surface area (Å²) in [4.78, 5) is 11.8. The lowest BCUT2D eigenvalue weighted by atomic mass is 10.4. The predicted molar refractivity (Wildman–Crippen MR) is 65.2 cm³/mol. The number of methoxy groups -OCH3 is 1. The summed E-state index contributed by atoms with van der Waals surface area (Å²) in [6, 6.07) is 3.59. The summed E-state index contributed by atoms with van der Waals surface area (Å²) in [5.74, 6) is -0.0919. The van der Waals surface area contributed by atoms with Gasteiger partial charge in [0.15, 0.2) is 0 Å². The number of rotatable bonds is 6. The van der Waals surface area contributed by atoms with E-state index in [-0.39, 0.29) is 17.4 Å². The number of ether oxygens (including phenoxy) is 1. The number of carbonyl (C=O) groups is 1. The average molecular weight is 241 g/mol. The summed E-state index contributed by atoms with van der Waals surface area (Å²) >= 11 is 4.87. The Morgan fingerprint density at radius 2 is 2.44 bits per heavy atom. The van der Waals surface area contributed by atoms with E-state index in [2.05, 4.69) is 5.32 Å². The second-order valence-electron chi connectivity index (χ2n) is 3.23. The molecule has 0 radical (unpaired) electrons. The molecule has 0 bridgehead atoms. The number of thiocarbonyl (C=S) groups is 1. The molecule has 0 aliphatic rings. The lowest BCUT2D eigenvalue weighted by Crippen LogP contribution is -2.31. The zero-order valence-electron chi connectivity index (χ0n) is 9.10. The molecule has 1 rings (SSSR count). The molecule has 0 aromatic carbocycles. The van der Waals surface area contributed by atoms with Crippen LogP contribution in [-0.4, -0.2) is 35.7 Å². The Balaban J connectivity index is 2.49. The van der Waals surface area contributed by atoms with Crippen LogP contribution in [0.3, 0.4) is 0 Å². The molecular formula is C10H15N3O2S. The summed E-state index contributed by atoms with van der Waals surface area (Å²) in [6.45, 7) is 1.21. The van der Waals surface area contributed by atoms with Crippen LogP contribution in [0.25, 0.3) is 0 Å². The summed E-state index contributed by atoms with van der Waals surface area (Å²) in [5.41, 5.74) is 6.21. The lowest BCUT2D eigenvalue weighted by molar-refractivity contribution is -0.121. The molecule has 0 fully saturated rings. The van der Waals surface area contributed by atoms with Gasteiger partial charge in [0.1, 0.15) is 11.5 Å². The fourth-order valence-corrected chi connectivity index (χ4v) is 1.46. The normalized spacial score (nSPS) is 10.1. The quantitative estimate of drug-likeness (QED) is 0.538. The molecule has 1 heterocycles. The number of nitrogens with two attached hydrogens (primary N) is 1. The van der Waals surface area contributed by atoms with Gasteiger partial charge in [0.25, 0.3) is 0 Å². The zero-order valence-corrected chi connectivity index (χ0v) is 9.92. The highest BCUT2D eigenvalue weighted by atomic mass is 32.1. The van der Waals surface area contributed by atoms with E-state index in [0.29, 0.717) is 18.8 Å². The van der Waals surface area contributed by atoms with E-state index >= 15 is 0 Å². The molecule has 0 unspecified atom stereocenters. The highest BCUT2D eigenvalue weighted by molar-refractivity contribution is 7.80. The second-order valence-corrected chi connectivity index (χ2v) is 3.67. The summed E-state index contributed by atoms with van der Waals surface area (Å²) in [6.07, 6.45) is 1.77. The van der Waals surface area contributed by atoms with Crippen molar-refractivity contribution in [1.82, 2.24) is 9.88 Å². The van der Waals surface area contributed by atoms with Crippen molar-refractivity contribution in [3.63, 3.8) is 0 Å². The Morgan fingerprint density at radius 3 is 3.06 bits per heavy atom. The van der Waals surface area contributed by atoms with Crippen molar-refractivity contribution in [2.24, 2.45) is 5.73 Å². The summed E-state index contributed by atoms with van der Waals surface area (Å²) < 4.78 is 6.54. The Morgan fingerprint density at radius 1 is 1.69 bits per heavy atom. The fourth-order valence-electron chi connectivity index (χ4n) is 1.28. The zero-order chi connectivity index (χ0) is 12.0. The number of carbonyl (C=O) groups excluding carboxylic acids is 1. The molecule has 6 heteroatoms. The minimum atomic E-state index is -0.0919. The number of amides is 1. The first-order chi connectivity index (χ1) is 7.65. The van der Waals surface area contributed by atoms with Gasteiger partial charge in [0, 0.05) is 19.9 Å². The highest BCUT2D eigenvalue weighted by Gasteiger charge is 2.07. The van der Waals surface area contributed by atoms with Crippen LogP contribution >= 0.6 is 12.2 Å². The standard InChI is InChI=1S/C10H15N3O2S/c1-15-6-4-12-9(14)7-13-5-2-3-8(13)10(11)16/h2-3,5H,4,6-7H2,1H3,(H2,11,16)(H,12,14). The number of nitrogens with one attached hydrogen (secondary N) is 1. The molecule has 1 amide bonds. The molecule has 0 saturated carbocycles. The van der Waals surface area contributed by atoms with E-state index in [9.17, 15) is 4.79 Å². The molecule has 0 saturated heterocycles. The predicted octanol–water partition coefficient (Wildman–Crippen LogP) is -0.115. The molecule has 5 nitrogen and oxygen atoms in total. The molecular weight excluding hydrogens is 226 g/mol. The van der Waals surface area contributed by atoms with Gasteiger partial charge in [-0.05, 0) is 12.1 Å². The molecule has 0 spiro atoms. The monoisotopic (exact) mass is 241 g/mol. The molecule has 88 valence electrons. The van der Waals surface area contributed by atoms with E-state index in [1.165, 1.54) is 0 Å². The topological polar surface area (TPSA) is 69.3 Å². The van der Waals surface area contributed by atoms with Crippen LogP contribution in [0.1, 0.15) is 5.69 Å². The molecule has 1 aromatic rings. The third kappa shape index (κ3) is 3.63. The van der Waals surface area contributed by atoms with Crippen LogP contribution in [0.2, 0.25) is 0 Å². The van der Waals surface area contributed by atoms with Gasteiger partial charge in [-0.15, -0.1) is 0 Å². The van der Waals surface area contributed by atoms with Crippen LogP contribution < -0.4 is 11.1 Å². The highest BCUT2D eigenvalue weighted by Crippen LogP contribution is 2.01. The minimum Gasteiger partial charge on any atom is -0.388 e. The van der Waals surface area contributed by atoms with Gasteiger partial charge < -0.3 is 20.4 Å². The Hall–Kier alpha value is -1.40. The third-order valence-electron chi connectivity index (χ3n) is 2.02.